The number of nitrogen functional groups attached to an aromatic ring is 1. The molecule has 4 N–H and O–H groups in total. The number of anilines is 1. The van der Waals surface area contributed by atoms with Gasteiger partial charge >= 0.3 is 0 Å². The van der Waals surface area contributed by atoms with Crippen molar-refractivity contribution in [2.45, 2.75) is 31.4 Å². The number of aliphatic hydroxyl groups is 1. The molecule has 0 saturated heterocycles. The zero-order valence-corrected chi connectivity index (χ0v) is 12.2. The minimum atomic E-state index is -0.840. The van der Waals surface area contributed by atoms with Gasteiger partial charge in [0.25, 0.3) is 0 Å². The molecule has 1 aromatic carbocycles. The van der Waals surface area contributed by atoms with E-state index in [4.69, 9.17) is 5.73 Å². The first kappa shape index (κ1) is 15.7. The lowest BCUT2D eigenvalue weighted by atomic mass is 9.93. The van der Waals surface area contributed by atoms with Crippen molar-refractivity contribution in [3.05, 3.63) is 28.0 Å². The summed E-state index contributed by atoms with van der Waals surface area (Å²) in [5.74, 6) is -0.479. The molecule has 0 spiro atoms. The van der Waals surface area contributed by atoms with Gasteiger partial charge in [0.2, 0.25) is 0 Å². The van der Waals surface area contributed by atoms with Gasteiger partial charge in [-0.1, -0.05) is 12.5 Å². The quantitative estimate of drug-likeness (QED) is 0.739. The van der Waals surface area contributed by atoms with Gasteiger partial charge in [-0.3, -0.25) is 0 Å². The molecule has 1 aliphatic carbocycles. The van der Waals surface area contributed by atoms with Crippen molar-refractivity contribution in [3.63, 3.8) is 0 Å². The second-order valence-corrected chi connectivity index (χ2v) is 5.22. The topological polar surface area (TPSA) is 58.3 Å². The third-order valence-corrected chi connectivity index (χ3v) is 4.01. The average molecular weight is 340 g/mol. The number of benzene rings is 1. The van der Waals surface area contributed by atoms with Crippen molar-refractivity contribution in [1.29, 1.82) is 0 Å². The normalized spacial score (nSPS) is 16.8. The molecule has 2 rings (SSSR count). The molecule has 1 aliphatic rings. The maximum absolute atomic E-state index is 13.8. The van der Waals surface area contributed by atoms with Crippen LogP contribution in [0.3, 0.4) is 0 Å². The molecule has 1 aromatic rings. The number of halogens is 3. The van der Waals surface area contributed by atoms with Crippen LogP contribution in [-0.2, 0) is 0 Å². The summed E-state index contributed by atoms with van der Waals surface area (Å²) in [7, 11) is 0. The highest BCUT2D eigenvalue weighted by atomic mass is 79.9. The third-order valence-electron chi connectivity index (χ3n) is 3.21. The maximum atomic E-state index is 13.8. The first-order valence-electron chi connectivity index (χ1n) is 5.74. The Morgan fingerprint density at radius 1 is 1.50 bits per heavy atom. The summed E-state index contributed by atoms with van der Waals surface area (Å²) in [6, 6.07) is 3.60. The van der Waals surface area contributed by atoms with Crippen molar-refractivity contribution in [3.8, 4) is 0 Å². The molecule has 1 saturated carbocycles. The number of aliphatic hydroxyl groups excluding tert-OH is 1. The van der Waals surface area contributed by atoms with E-state index in [1.54, 1.807) is 6.07 Å². The Morgan fingerprint density at radius 3 is 2.72 bits per heavy atom. The van der Waals surface area contributed by atoms with Crippen molar-refractivity contribution in [2.24, 2.45) is 0 Å². The van der Waals surface area contributed by atoms with Crippen LogP contribution in [0.15, 0.2) is 16.6 Å². The molecule has 1 atom stereocenters. The van der Waals surface area contributed by atoms with Gasteiger partial charge in [0, 0.05) is 23.8 Å². The van der Waals surface area contributed by atoms with Gasteiger partial charge in [-0.05, 0) is 34.8 Å². The fraction of sp³-hybridized carbons (Fsp3) is 0.500. The number of hydrogen-bond donors (Lipinski definition) is 3. The average Bonchev–Trinajstić information content (AvgIpc) is 2.24. The molecule has 0 aliphatic heterocycles. The number of nitrogens with two attached hydrogens (primary N) is 1. The highest BCUT2D eigenvalue weighted by Crippen LogP contribution is 2.29. The fourth-order valence-electron chi connectivity index (χ4n) is 1.84. The molecule has 0 aromatic heterocycles. The summed E-state index contributed by atoms with van der Waals surface area (Å²) in [5, 5.41) is 13.1. The van der Waals surface area contributed by atoms with E-state index >= 15 is 0 Å². The first-order valence-corrected chi connectivity index (χ1v) is 6.53. The highest BCUT2D eigenvalue weighted by molar-refractivity contribution is 9.10. The van der Waals surface area contributed by atoms with Crippen LogP contribution in [-0.4, -0.2) is 17.7 Å². The third kappa shape index (κ3) is 3.35. The molecular weight excluding hydrogens is 322 g/mol. The van der Waals surface area contributed by atoms with E-state index in [1.165, 1.54) is 12.5 Å². The lowest BCUT2D eigenvalue weighted by Crippen LogP contribution is -2.37. The Kier molecular flexibility index (Phi) is 5.85. The minimum Gasteiger partial charge on any atom is -0.398 e. The predicted molar refractivity (Wildman–Crippen MR) is 76.4 cm³/mol. The van der Waals surface area contributed by atoms with Crippen LogP contribution in [0.1, 0.15) is 30.9 Å². The van der Waals surface area contributed by atoms with Gasteiger partial charge in [0.05, 0.1) is 10.6 Å². The SMILES string of the molecule is Cl.Nc1ccc(C(O)CNC2CCC2)c(F)c1Br. The lowest BCUT2D eigenvalue weighted by Gasteiger charge is -2.27. The van der Waals surface area contributed by atoms with Gasteiger partial charge in [-0.25, -0.2) is 4.39 Å². The summed E-state index contributed by atoms with van der Waals surface area (Å²) < 4.78 is 14.0. The highest BCUT2D eigenvalue weighted by Gasteiger charge is 2.20. The molecule has 0 radical (unpaired) electrons. The van der Waals surface area contributed by atoms with Gasteiger partial charge in [-0.2, -0.15) is 0 Å². The van der Waals surface area contributed by atoms with E-state index in [0.717, 1.165) is 12.8 Å². The molecule has 0 heterocycles. The standard InChI is InChI=1S/C12H16BrFN2O.ClH/c13-11-9(15)5-4-8(12(11)14)10(17)6-16-7-2-1-3-7;/h4-5,7,10,16-17H,1-3,6,15H2;1H. The second-order valence-electron chi connectivity index (χ2n) is 4.42. The minimum absolute atomic E-state index is 0. The molecule has 3 nitrogen and oxygen atoms in total. The maximum Gasteiger partial charge on any atom is 0.145 e. The Balaban J connectivity index is 0.00000162. The molecule has 1 fully saturated rings. The Hall–Kier alpha value is -0.360. The van der Waals surface area contributed by atoms with E-state index < -0.39 is 11.9 Å². The van der Waals surface area contributed by atoms with Crippen LogP contribution >= 0.6 is 28.3 Å². The lowest BCUT2D eigenvalue weighted by molar-refractivity contribution is 0.157. The molecular formula is C12H17BrClFN2O. The summed E-state index contributed by atoms with van der Waals surface area (Å²) >= 11 is 3.07. The van der Waals surface area contributed by atoms with Crippen LogP contribution < -0.4 is 11.1 Å². The fourth-order valence-corrected chi connectivity index (χ4v) is 2.20. The van der Waals surface area contributed by atoms with Gasteiger partial charge in [0.15, 0.2) is 0 Å². The van der Waals surface area contributed by atoms with Gasteiger partial charge < -0.3 is 16.2 Å². The zero-order chi connectivity index (χ0) is 12.4. The summed E-state index contributed by atoms with van der Waals surface area (Å²) in [4.78, 5) is 0. The molecule has 18 heavy (non-hydrogen) atoms. The van der Waals surface area contributed by atoms with Crippen molar-refractivity contribution < 1.29 is 9.50 Å². The van der Waals surface area contributed by atoms with E-state index in [2.05, 4.69) is 21.2 Å². The molecule has 6 heteroatoms. The van der Waals surface area contributed by atoms with E-state index in [-0.39, 0.29) is 22.4 Å². The summed E-state index contributed by atoms with van der Waals surface area (Å²) in [6.07, 6.45) is 2.67. The Morgan fingerprint density at radius 2 is 2.17 bits per heavy atom. The summed E-state index contributed by atoms with van der Waals surface area (Å²) in [5.41, 5.74) is 6.17. The largest absolute Gasteiger partial charge is 0.398 e. The molecule has 1 unspecified atom stereocenters. The first-order chi connectivity index (χ1) is 8.09. The zero-order valence-electron chi connectivity index (χ0n) is 9.83. The van der Waals surface area contributed by atoms with Crippen molar-refractivity contribution >= 4 is 34.0 Å². The van der Waals surface area contributed by atoms with Gasteiger partial charge in [0.1, 0.15) is 5.82 Å². The predicted octanol–water partition coefficient (Wildman–Crippen LogP) is 2.77. The van der Waals surface area contributed by atoms with Crippen LogP contribution in [0.4, 0.5) is 10.1 Å². The Labute approximate surface area is 120 Å². The van der Waals surface area contributed by atoms with E-state index in [9.17, 15) is 9.50 Å². The second kappa shape index (κ2) is 6.70. The Bertz CT molecular complexity index is 415. The van der Waals surface area contributed by atoms with E-state index in [1.807, 2.05) is 0 Å². The van der Waals surface area contributed by atoms with Crippen molar-refractivity contribution in [1.82, 2.24) is 5.32 Å². The monoisotopic (exact) mass is 338 g/mol. The smallest absolute Gasteiger partial charge is 0.145 e. The van der Waals surface area contributed by atoms with Crippen LogP contribution in [0, 0.1) is 5.82 Å². The number of nitrogens with one attached hydrogen (secondary N) is 1. The molecule has 0 amide bonds. The van der Waals surface area contributed by atoms with Crippen molar-refractivity contribution in [2.75, 3.05) is 12.3 Å². The van der Waals surface area contributed by atoms with Crippen LogP contribution in [0.25, 0.3) is 0 Å². The van der Waals surface area contributed by atoms with E-state index in [0.29, 0.717) is 18.3 Å². The van der Waals surface area contributed by atoms with Crippen LogP contribution in [0.5, 0.6) is 0 Å². The number of rotatable bonds is 4. The van der Waals surface area contributed by atoms with Crippen LogP contribution in [0.2, 0.25) is 0 Å². The molecule has 0 bridgehead atoms. The number of hydrogen-bond acceptors (Lipinski definition) is 3. The van der Waals surface area contributed by atoms with Gasteiger partial charge in [-0.15, -0.1) is 12.4 Å². The molecule has 102 valence electrons. The summed E-state index contributed by atoms with van der Waals surface area (Å²) in [6.45, 7) is 0.373.